The molecule has 0 bridgehead atoms. The largest absolute Gasteiger partial charge is 0.396 e. The van der Waals surface area contributed by atoms with Crippen molar-refractivity contribution >= 4 is 10.0 Å². The van der Waals surface area contributed by atoms with Gasteiger partial charge in [0, 0.05) is 19.2 Å². The van der Waals surface area contributed by atoms with Crippen LogP contribution in [0.4, 0.5) is 0 Å². The van der Waals surface area contributed by atoms with E-state index in [1.807, 2.05) is 6.92 Å². The van der Waals surface area contributed by atoms with E-state index in [1.165, 1.54) is 0 Å². The van der Waals surface area contributed by atoms with Crippen LogP contribution < -0.4 is 0 Å². The quantitative estimate of drug-likeness (QED) is 0.830. The van der Waals surface area contributed by atoms with Gasteiger partial charge in [-0.25, -0.2) is 8.42 Å². The molecule has 2 rings (SSSR count). The fourth-order valence-electron chi connectivity index (χ4n) is 2.17. The molecule has 1 aromatic rings. The zero-order chi connectivity index (χ0) is 13.9. The number of sulfonamides is 1. The highest BCUT2D eigenvalue weighted by atomic mass is 32.2. The summed E-state index contributed by atoms with van der Waals surface area (Å²) in [6.07, 6.45) is 3.34. The lowest BCUT2D eigenvalue weighted by Crippen LogP contribution is -2.33. The molecule has 0 atom stereocenters. The lowest BCUT2D eigenvalue weighted by atomic mass is 10.2. The van der Waals surface area contributed by atoms with Crippen molar-refractivity contribution in [2.24, 2.45) is 0 Å². The van der Waals surface area contributed by atoms with E-state index in [-0.39, 0.29) is 12.6 Å². The number of nitrogens with zero attached hydrogens (tertiary/aromatic N) is 1. The molecule has 1 N–H and O–H groups in total. The van der Waals surface area contributed by atoms with Crippen LogP contribution in [-0.2, 0) is 16.4 Å². The van der Waals surface area contributed by atoms with E-state index in [0.29, 0.717) is 17.9 Å². The van der Waals surface area contributed by atoms with Crippen molar-refractivity contribution in [1.82, 2.24) is 4.31 Å². The number of hydrogen-bond acceptors (Lipinski definition) is 3. The Morgan fingerprint density at radius 1 is 1.26 bits per heavy atom. The van der Waals surface area contributed by atoms with Crippen LogP contribution in [0.1, 0.15) is 31.7 Å². The summed E-state index contributed by atoms with van der Waals surface area (Å²) in [7, 11) is -3.36. The predicted octanol–water partition coefficient (Wildman–Crippen LogP) is 1.78. The van der Waals surface area contributed by atoms with E-state index in [4.69, 9.17) is 5.11 Å². The molecule has 1 aliphatic carbocycles. The summed E-state index contributed by atoms with van der Waals surface area (Å²) in [6, 6.07) is 7.04. The third-order valence-electron chi connectivity index (χ3n) is 3.33. The molecule has 19 heavy (non-hydrogen) atoms. The Labute approximate surface area is 115 Å². The molecule has 5 heteroatoms. The van der Waals surface area contributed by atoms with E-state index in [9.17, 15) is 8.42 Å². The normalized spacial score (nSPS) is 15.9. The van der Waals surface area contributed by atoms with Gasteiger partial charge < -0.3 is 5.11 Å². The van der Waals surface area contributed by atoms with Crippen LogP contribution in [0.25, 0.3) is 0 Å². The molecule has 1 saturated carbocycles. The minimum absolute atomic E-state index is 0.0795. The van der Waals surface area contributed by atoms with Crippen molar-refractivity contribution in [3.05, 3.63) is 29.8 Å². The summed E-state index contributed by atoms with van der Waals surface area (Å²) in [5.74, 6) is 0. The highest BCUT2D eigenvalue weighted by Gasteiger charge is 2.37. The second kappa shape index (κ2) is 6.03. The molecule has 1 fully saturated rings. The maximum atomic E-state index is 12.5. The Kier molecular flexibility index (Phi) is 4.60. The minimum atomic E-state index is -3.36. The number of hydrogen-bond donors (Lipinski definition) is 1. The van der Waals surface area contributed by atoms with E-state index in [1.54, 1.807) is 28.6 Å². The lowest BCUT2D eigenvalue weighted by molar-refractivity contribution is 0.299. The summed E-state index contributed by atoms with van der Waals surface area (Å²) in [6.45, 7) is 2.66. The van der Waals surface area contributed by atoms with Crippen molar-refractivity contribution in [1.29, 1.82) is 0 Å². The van der Waals surface area contributed by atoms with Crippen molar-refractivity contribution in [3.8, 4) is 0 Å². The molecular formula is C14H21NO3S. The zero-order valence-electron chi connectivity index (χ0n) is 11.2. The Bertz CT molecular complexity index is 506. The Morgan fingerprint density at radius 2 is 1.89 bits per heavy atom. The predicted molar refractivity (Wildman–Crippen MR) is 74.4 cm³/mol. The molecule has 0 saturated heterocycles. The van der Waals surface area contributed by atoms with E-state index >= 15 is 0 Å². The summed E-state index contributed by atoms with van der Waals surface area (Å²) < 4.78 is 26.7. The van der Waals surface area contributed by atoms with E-state index < -0.39 is 10.0 Å². The molecule has 0 unspecified atom stereocenters. The number of rotatable bonds is 7. The van der Waals surface area contributed by atoms with Gasteiger partial charge in [-0.3, -0.25) is 0 Å². The number of aliphatic hydroxyl groups is 1. The van der Waals surface area contributed by atoms with E-state index in [2.05, 4.69) is 0 Å². The molecule has 0 spiro atoms. The Hall–Kier alpha value is -0.910. The van der Waals surface area contributed by atoms with Gasteiger partial charge in [0.2, 0.25) is 10.0 Å². The molecule has 4 nitrogen and oxygen atoms in total. The fraction of sp³-hybridized carbons (Fsp3) is 0.571. The van der Waals surface area contributed by atoms with Gasteiger partial charge in [-0.1, -0.05) is 19.1 Å². The van der Waals surface area contributed by atoms with Gasteiger partial charge in [0.15, 0.2) is 0 Å². The highest BCUT2D eigenvalue weighted by Crippen LogP contribution is 2.32. The third kappa shape index (κ3) is 3.35. The van der Waals surface area contributed by atoms with Crippen LogP contribution in [0.2, 0.25) is 0 Å². The zero-order valence-corrected chi connectivity index (χ0v) is 12.1. The summed E-state index contributed by atoms with van der Waals surface area (Å²) in [5, 5.41) is 8.86. The standard InChI is InChI=1S/C14H21NO3S/c1-2-10-15(13-5-6-13)19(17,18)14-7-3-12(4-8-14)9-11-16/h3-4,7-8,13,16H,2,5-6,9-11H2,1H3. The van der Waals surface area contributed by atoms with Crippen LogP contribution in [0.5, 0.6) is 0 Å². The van der Waals surface area contributed by atoms with Crippen LogP contribution in [-0.4, -0.2) is 37.0 Å². The second-order valence-corrected chi connectivity index (χ2v) is 6.86. The molecule has 1 aliphatic rings. The monoisotopic (exact) mass is 283 g/mol. The van der Waals surface area contributed by atoms with Gasteiger partial charge in [0.1, 0.15) is 0 Å². The van der Waals surface area contributed by atoms with Gasteiger partial charge in [0.25, 0.3) is 0 Å². The molecule has 0 amide bonds. The minimum Gasteiger partial charge on any atom is -0.396 e. The molecule has 0 aromatic heterocycles. The smallest absolute Gasteiger partial charge is 0.243 e. The van der Waals surface area contributed by atoms with Crippen molar-refractivity contribution in [2.45, 2.75) is 43.5 Å². The van der Waals surface area contributed by atoms with Crippen molar-refractivity contribution in [2.75, 3.05) is 13.2 Å². The molecule has 1 aromatic carbocycles. The molecule has 106 valence electrons. The van der Waals surface area contributed by atoms with Crippen LogP contribution in [0.15, 0.2) is 29.2 Å². The first-order valence-electron chi connectivity index (χ1n) is 6.81. The maximum Gasteiger partial charge on any atom is 0.243 e. The van der Waals surface area contributed by atoms with Gasteiger partial charge >= 0.3 is 0 Å². The Balaban J connectivity index is 2.22. The number of benzene rings is 1. The van der Waals surface area contributed by atoms with Crippen molar-refractivity contribution < 1.29 is 13.5 Å². The maximum absolute atomic E-state index is 12.5. The number of aliphatic hydroxyl groups excluding tert-OH is 1. The first kappa shape index (κ1) is 14.5. The average Bonchev–Trinajstić information content (AvgIpc) is 3.21. The summed E-state index contributed by atoms with van der Waals surface area (Å²) in [5.41, 5.74) is 0.954. The van der Waals surface area contributed by atoms with Crippen molar-refractivity contribution in [3.63, 3.8) is 0 Å². The molecule has 0 heterocycles. The van der Waals surface area contributed by atoms with Crippen LogP contribution in [0, 0.1) is 0 Å². The highest BCUT2D eigenvalue weighted by molar-refractivity contribution is 7.89. The third-order valence-corrected chi connectivity index (χ3v) is 5.29. The average molecular weight is 283 g/mol. The van der Waals surface area contributed by atoms with Crippen LogP contribution >= 0.6 is 0 Å². The Morgan fingerprint density at radius 3 is 2.37 bits per heavy atom. The SMILES string of the molecule is CCCN(C1CC1)S(=O)(=O)c1ccc(CCO)cc1. The van der Waals surface area contributed by atoms with Gasteiger partial charge in [-0.05, 0) is 43.4 Å². The van der Waals surface area contributed by atoms with E-state index in [0.717, 1.165) is 24.8 Å². The second-order valence-electron chi connectivity index (χ2n) is 4.96. The van der Waals surface area contributed by atoms with Gasteiger partial charge in [-0.15, -0.1) is 0 Å². The topological polar surface area (TPSA) is 57.6 Å². The summed E-state index contributed by atoms with van der Waals surface area (Å²) >= 11 is 0. The molecule has 0 radical (unpaired) electrons. The molecule has 0 aliphatic heterocycles. The first-order chi connectivity index (χ1) is 9.09. The first-order valence-corrected chi connectivity index (χ1v) is 8.25. The lowest BCUT2D eigenvalue weighted by Gasteiger charge is -2.21. The van der Waals surface area contributed by atoms with Crippen LogP contribution in [0.3, 0.4) is 0 Å². The van der Waals surface area contributed by atoms with Gasteiger partial charge in [0.05, 0.1) is 4.90 Å². The fourth-order valence-corrected chi connectivity index (χ4v) is 3.95. The summed E-state index contributed by atoms with van der Waals surface area (Å²) in [4.78, 5) is 0.356. The van der Waals surface area contributed by atoms with Gasteiger partial charge in [-0.2, -0.15) is 4.31 Å². The molecular weight excluding hydrogens is 262 g/mol.